The number of aromatic nitrogens is 3. The summed E-state index contributed by atoms with van der Waals surface area (Å²) < 4.78 is 12.9. The third kappa shape index (κ3) is 4.21. The van der Waals surface area contributed by atoms with Crippen LogP contribution >= 0.6 is 0 Å². The first-order valence-electron chi connectivity index (χ1n) is 9.97. The molecule has 4 aromatic rings. The van der Waals surface area contributed by atoms with Crippen molar-refractivity contribution < 1.29 is 14.3 Å². The molecular weight excluding hydrogens is 392 g/mol. The van der Waals surface area contributed by atoms with Crippen LogP contribution in [0.3, 0.4) is 0 Å². The molecule has 2 heterocycles. The zero-order chi connectivity index (χ0) is 22.0. The second kappa shape index (κ2) is 8.47. The van der Waals surface area contributed by atoms with E-state index < -0.39 is 6.10 Å². The van der Waals surface area contributed by atoms with Crippen LogP contribution in [0.2, 0.25) is 0 Å². The van der Waals surface area contributed by atoms with Crippen LogP contribution < -0.4 is 14.8 Å². The summed E-state index contributed by atoms with van der Waals surface area (Å²) in [5, 5.41) is 8.32. The Bertz CT molecular complexity index is 1230. The minimum Gasteiger partial charge on any atom is -0.497 e. The van der Waals surface area contributed by atoms with Gasteiger partial charge in [0.15, 0.2) is 11.8 Å². The van der Waals surface area contributed by atoms with Crippen molar-refractivity contribution in [3.8, 4) is 22.8 Å². The first kappa shape index (κ1) is 20.4. The van der Waals surface area contributed by atoms with Gasteiger partial charge in [-0.25, -0.2) is 0 Å². The lowest BCUT2D eigenvalue weighted by Crippen LogP contribution is -2.30. The fourth-order valence-corrected chi connectivity index (χ4v) is 3.51. The number of hydrogen-bond donors (Lipinski definition) is 1. The van der Waals surface area contributed by atoms with Crippen molar-refractivity contribution in [3.05, 3.63) is 66.4 Å². The fraction of sp³-hybridized carbons (Fsp3) is 0.208. The van der Waals surface area contributed by atoms with Crippen LogP contribution in [0.1, 0.15) is 12.6 Å². The van der Waals surface area contributed by atoms with E-state index in [4.69, 9.17) is 9.47 Å². The standard InChI is InChI=1S/C24H24N4O3/c1-15-22-20(17-9-6-5-7-10-17)14-21(26-23(22)28(3)27-15)31-16(2)24(29)25-18-11-8-12-19(13-18)30-4/h5-14,16H,1-4H3,(H,25,29). The van der Waals surface area contributed by atoms with E-state index in [0.29, 0.717) is 23.0 Å². The van der Waals surface area contributed by atoms with E-state index in [1.807, 2.05) is 62.5 Å². The number of anilines is 1. The number of carbonyl (C=O) groups is 1. The predicted octanol–water partition coefficient (Wildman–Crippen LogP) is 4.36. The summed E-state index contributed by atoms with van der Waals surface area (Å²) in [6, 6.07) is 19.0. The number of aryl methyl sites for hydroxylation is 2. The number of benzene rings is 2. The number of ether oxygens (including phenoxy) is 2. The molecule has 0 aliphatic carbocycles. The highest BCUT2D eigenvalue weighted by Gasteiger charge is 2.20. The maximum Gasteiger partial charge on any atom is 0.265 e. The van der Waals surface area contributed by atoms with Gasteiger partial charge in [0, 0.05) is 24.9 Å². The number of hydrogen-bond acceptors (Lipinski definition) is 5. The third-order valence-electron chi connectivity index (χ3n) is 5.03. The number of fused-ring (bicyclic) bond motifs is 1. The van der Waals surface area contributed by atoms with Crippen LogP contribution in [0.25, 0.3) is 22.2 Å². The molecule has 7 heteroatoms. The molecule has 31 heavy (non-hydrogen) atoms. The summed E-state index contributed by atoms with van der Waals surface area (Å²) in [5.41, 5.74) is 4.22. The Labute approximate surface area is 180 Å². The molecule has 0 aliphatic rings. The second-order valence-electron chi connectivity index (χ2n) is 7.26. The number of carbonyl (C=O) groups excluding carboxylic acids is 1. The van der Waals surface area contributed by atoms with Gasteiger partial charge in [-0.2, -0.15) is 10.1 Å². The van der Waals surface area contributed by atoms with Crippen molar-refractivity contribution in [1.29, 1.82) is 0 Å². The molecule has 0 radical (unpaired) electrons. The molecular formula is C24H24N4O3. The Morgan fingerprint density at radius 3 is 2.61 bits per heavy atom. The van der Waals surface area contributed by atoms with Gasteiger partial charge in [0.2, 0.25) is 5.88 Å². The molecule has 7 nitrogen and oxygen atoms in total. The van der Waals surface area contributed by atoms with Crippen LogP contribution in [0.4, 0.5) is 5.69 Å². The van der Waals surface area contributed by atoms with Crippen molar-refractivity contribution in [2.45, 2.75) is 20.0 Å². The Kier molecular flexibility index (Phi) is 5.58. The summed E-state index contributed by atoms with van der Waals surface area (Å²) >= 11 is 0. The van der Waals surface area contributed by atoms with Gasteiger partial charge in [-0.15, -0.1) is 0 Å². The van der Waals surface area contributed by atoms with Gasteiger partial charge < -0.3 is 14.8 Å². The maximum atomic E-state index is 12.7. The number of nitrogens with one attached hydrogen (secondary N) is 1. The number of rotatable bonds is 6. The highest BCUT2D eigenvalue weighted by molar-refractivity contribution is 5.96. The molecule has 4 rings (SSSR count). The minimum atomic E-state index is -0.755. The molecule has 0 aliphatic heterocycles. The van der Waals surface area contributed by atoms with E-state index in [0.717, 1.165) is 22.2 Å². The average molecular weight is 416 g/mol. The monoisotopic (exact) mass is 416 g/mol. The molecule has 0 bridgehead atoms. The van der Waals surface area contributed by atoms with E-state index in [2.05, 4.69) is 15.4 Å². The molecule has 158 valence electrons. The maximum absolute atomic E-state index is 12.7. The molecule has 1 N–H and O–H groups in total. The number of methoxy groups -OCH3 is 1. The van der Waals surface area contributed by atoms with Crippen molar-refractivity contribution in [3.63, 3.8) is 0 Å². The van der Waals surface area contributed by atoms with E-state index >= 15 is 0 Å². The lowest BCUT2D eigenvalue weighted by atomic mass is 10.0. The van der Waals surface area contributed by atoms with E-state index in [9.17, 15) is 4.79 Å². The molecule has 0 saturated heterocycles. The summed E-state index contributed by atoms with van der Waals surface area (Å²) in [5.74, 6) is 0.748. The SMILES string of the molecule is COc1cccc(NC(=O)C(C)Oc2cc(-c3ccccc3)c3c(C)nn(C)c3n2)c1. The second-order valence-corrected chi connectivity index (χ2v) is 7.26. The van der Waals surface area contributed by atoms with Crippen molar-refractivity contribution in [2.24, 2.45) is 7.05 Å². The fourth-order valence-electron chi connectivity index (χ4n) is 3.51. The average Bonchev–Trinajstić information content (AvgIpc) is 3.07. The summed E-state index contributed by atoms with van der Waals surface area (Å²) in [4.78, 5) is 17.3. The highest BCUT2D eigenvalue weighted by atomic mass is 16.5. The van der Waals surface area contributed by atoms with Gasteiger partial charge >= 0.3 is 0 Å². The van der Waals surface area contributed by atoms with Gasteiger partial charge in [0.1, 0.15) is 5.75 Å². The van der Waals surface area contributed by atoms with Gasteiger partial charge in [0.25, 0.3) is 5.91 Å². The van der Waals surface area contributed by atoms with Crippen LogP contribution in [0.5, 0.6) is 11.6 Å². The third-order valence-corrected chi connectivity index (χ3v) is 5.03. The van der Waals surface area contributed by atoms with Crippen molar-refractivity contribution in [2.75, 3.05) is 12.4 Å². The van der Waals surface area contributed by atoms with Crippen molar-refractivity contribution in [1.82, 2.24) is 14.8 Å². The smallest absolute Gasteiger partial charge is 0.265 e. The van der Waals surface area contributed by atoms with Crippen molar-refractivity contribution >= 4 is 22.6 Å². The van der Waals surface area contributed by atoms with Crippen LogP contribution in [-0.4, -0.2) is 33.9 Å². The van der Waals surface area contributed by atoms with Crippen LogP contribution in [0.15, 0.2) is 60.7 Å². The van der Waals surface area contributed by atoms with Crippen LogP contribution in [0, 0.1) is 6.92 Å². The normalized spacial score (nSPS) is 11.9. The Balaban J connectivity index is 1.63. The lowest BCUT2D eigenvalue weighted by molar-refractivity contribution is -0.122. The van der Waals surface area contributed by atoms with Gasteiger partial charge in [-0.1, -0.05) is 36.4 Å². The van der Waals surface area contributed by atoms with Gasteiger partial charge in [0.05, 0.1) is 18.2 Å². The topological polar surface area (TPSA) is 78.3 Å². The largest absolute Gasteiger partial charge is 0.497 e. The van der Waals surface area contributed by atoms with E-state index in [1.54, 1.807) is 30.8 Å². The van der Waals surface area contributed by atoms with Gasteiger partial charge in [-0.3, -0.25) is 9.48 Å². The lowest BCUT2D eigenvalue weighted by Gasteiger charge is -2.16. The molecule has 1 unspecified atom stereocenters. The molecule has 1 atom stereocenters. The Morgan fingerprint density at radius 1 is 1.10 bits per heavy atom. The molecule has 0 fully saturated rings. The molecule has 0 spiro atoms. The summed E-state index contributed by atoms with van der Waals surface area (Å²) in [6.07, 6.45) is -0.755. The molecule has 1 amide bonds. The highest BCUT2D eigenvalue weighted by Crippen LogP contribution is 2.33. The first-order chi connectivity index (χ1) is 15.0. The Hall–Kier alpha value is -3.87. The molecule has 2 aromatic carbocycles. The summed E-state index contributed by atoms with van der Waals surface area (Å²) in [6.45, 7) is 3.65. The quantitative estimate of drug-likeness (QED) is 0.505. The zero-order valence-electron chi connectivity index (χ0n) is 17.9. The first-order valence-corrected chi connectivity index (χ1v) is 9.97. The minimum absolute atomic E-state index is 0.280. The van der Waals surface area contributed by atoms with E-state index in [1.165, 1.54) is 0 Å². The number of amides is 1. The molecule has 2 aromatic heterocycles. The molecule has 0 saturated carbocycles. The predicted molar refractivity (Wildman–Crippen MR) is 120 cm³/mol. The summed E-state index contributed by atoms with van der Waals surface area (Å²) in [7, 11) is 3.43. The Morgan fingerprint density at radius 2 is 1.87 bits per heavy atom. The number of pyridine rings is 1. The van der Waals surface area contributed by atoms with Gasteiger partial charge in [-0.05, 0) is 37.1 Å². The van der Waals surface area contributed by atoms with Crippen LogP contribution in [-0.2, 0) is 11.8 Å². The number of nitrogens with zero attached hydrogens (tertiary/aromatic N) is 3. The zero-order valence-corrected chi connectivity index (χ0v) is 17.9. The van der Waals surface area contributed by atoms with E-state index in [-0.39, 0.29) is 5.91 Å².